The number of carbonyl (C=O) groups excluding carboxylic acids is 1. The van der Waals surface area contributed by atoms with Crippen LogP contribution in [0.5, 0.6) is 0 Å². The van der Waals surface area contributed by atoms with Crippen molar-refractivity contribution < 1.29 is 13.2 Å². The molecule has 0 spiro atoms. The second-order valence-corrected chi connectivity index (χ2v) is 8.57. The molecule has 0 unspecified atom stereocenters. The Hall–Kier alpha value is -2.18. The number of hydrogen-bond acceptors (Lipinski definition) is 3. The monoisotopic (exact) mass is 388 g/mol. The lowest BCUT2D eigenvalue weighted by atomic mass is 10.1. The predicted octanol–water partition coefficient (Wildman–Crippen LogP) is 3.49. The summed E-state index contributed by atoms with van der Waals surface area (Å²) in [5.41, 5.74) is 1.95. The molecule has 0 saturated carbocycles. The molecule has 2 aromatic carbocycles. The largest absolute Gasteiger partial charge is 0.355 e. The highest BCUT2D eigenvalue weighted by Gasteiger charge is 2.26. The van der Waals surface area contributed by atoms with Crippen LogP contribution in [0.2, 0.25) is 0 Å². The Bertz CT molecular complexity index is 818. The van der Waals surface area contributed by atoms with Crippen molar-refractivity contribution in [2.24, 2.45) is 0 Å². The van der Waals surface area contributed by atoms with E-state index in [0.717, 1.165) is 30.4 Å². The van der Waals surface area contributed by atoms with Gasteiger partial charge >= 0.3 is 0 Å². The van der Waals surface area contributed by atoms with E-state index in [1.165, 1.54) is 4.31 Å². The third kappa shape index (κ3) is 6.48. The Balaban J connectivity index is 2.17. The molecule has 2 aromatic rings. The summed E-state index contributed by atoms with van der Waals surface area (Å²) in [6.45, 7) is 4.59. The Morgan fingerprint density at radius 1 is 1.00 bits per heavy atom. The fraction of sp³-hybridized carbons (Fsp3) is 0.381. The van der Waals surface area contributed by atoms with Gasteiger partial charge in [0.2, 0.25) is 15.9 Å². The Labute approximate surface area is 162 Å². The van der Waals surface area contributed by atoms with Crippen LogP contribution < -0.4 is 5.32 Å². The van der Waals surface area contributed by atoms with E-state index in [1.807, 2.05) is 31.2 Å². The van der Waals surface area contributed by atoms with Crippen LogP contribution in [-0.4, -0.2) is 31.7 Å². The molecule has 0 radical (unpaired) electrons. The molecule has 0 bridgehead atoms. The molecule has 5 nitrogen and oxygen atoms in total. The maximum Gasteiger partial charge on any atom is 0.243 e. The zero-order valence-corrected chi connectivity index (χ0v) is 16.8. The molecule has 0 aromatic heterocycles. The zero-order chi connectivity index (χ0) is 19.7. The average molecular weight is 389 g/mol. The maximum atomic E-state index is 13.1. The van der Waals surface area contributed by atoms with Crippen LogP contribution in [-0.2, 0) is 21.4 Å². The average Bonchev–Trinajstić information content (AvgIpc) is 2.67. The molecule has 27 heavy (non-hydrogen) atoms. The summed E-state index contributed by atoms with van der Waals surface area (Å²) in [6.07, 6.45) is 3.00. The molecular weight excluding hydrogens is 360 g/mol. The number of rotatable bonds is 10. The lowest BCUT2D eigenvalue weighted by Gasteiger charge is -2.22. The van der Waals surface area contributed by atoms with Crippen molar-refractivity contribution in [1.29, 1.82) is 0 Å². The smallest absolute Gasteiger partial charge is 0.243 e. The van der Waals surface area contributed by atoms with E-state index in [0.29, 0.717) is 6.54 Å². The van der Waals surface area contributed by atoms with Gasteiger partial charge in [-0.1, -0.05) is 67.8 Å². The maximum absolute atomic E-state index is 13.1. The van der Waals surface area contributed by atoms with E-state index in [2.05, 4.69) is 12.2 Å². The van der Waals surface area contributed by atoms with Gasteiger partial charge in [0.05, 0.1) is 11.4 Å². The Morgan fingerprint density at radius 3 is 2.30 bits per heavy atom. The number of nitrogens with zero attached hydrogens (tertiary/aromatic N) is 1. The number of hydrogen-bond donors (Lipinski definition) is 1. The molecule has 1 amide bonds. The van der Waals surface area contributed by atoms with Gasteiger partial charge in [-0.2, -0.15) is 4.31 Å². The molecule has 0 saturated heterocycles. The first kappa shape index (κ1) is 21.1. The van der Waals surface area contributed by atoms with Crippen LogP contribution in [0, 0.1) is 6.92 Å². The van der Waals surface area contributed by atoms with Crippen LogP contribution >= 0.6 is 0 Å². The number of nitrogens with one attached hydrogen (secondary N) is 1. The molecule has 6 heteroatoms. The van der Waals surface area contributed by atoms with Crippen LogP contribution in [0.25, 0.3) is 0 Å². The van der Waals surface area contributed by atoms with Gasteiger partial charge in [-0.25, -0.2) is 8.42 Å². The van der Waals surface area contributed by atoms with Crippen LogP contribution in [0.3, 0.4) is 0 Å². The minimum absolute atomic E-state index is 0.153. The van der Waals surface area contributed by atoms with Gasteiger partial charge in [-0.05, 0) is 31.0 Å². The van der Waals surface area contributed by atoms with E-state index >= 15 is 0 Å². The molecule has 0 heterocycles. The third-order valence-electron chi connectivity index (χ3n) is 4.28. The fourth-order valence-electron chi connectivity index (χ4n) is 2.68. The number of amides is 1. The number of carbonyl (C=O) groups is 1. The van der Waals surface area contributed by atoms with E-state index in [-0.39, 0.29) is 23.9 Å². The number of benzene rings is 2. The molecule has 0 aliphatic rings. The Kier molecular flexibility index (Phi) is 8.00. The van der Waals surface area contributed by atoms with E-state index < -0.39 is 10.0 Å². The summed E-state index contributed by atoms with van der Waals surface area (Å²) >= 11 is 0. The summed E-state index contributed by atoms with van der Waals surface area (Å²) in [4.78, 5) is 12.5. The number of aryl methyl sites for hydroxylation is 1. The molecule has 0 atom stereocenters. The number of unbranched alkanes of at least 4 members (excludes halogenated alkanes) is 2. The highest BCUT2D eigenvalue weighted by atomic mass is 32.2. The SMILES string of the molecule is CCCCCNC(=O)CN(Cc1ccc(C)cc1)S(=O)(=O)c1ccccc1. The second-order valence-electron chi connectivity index (χ2n) is 6.63. The standard InChI is InChI=1S/C21H28N2O3S/c1-3-4-8-15-22-21(24)17-23(16-19-13-11-18(2)12-14-19)27(25,26)20-9-6-5-7-10-20/h5-7,9-14H,3-4,8,15-17H2,1-2H3,(H,22,24). The van der Waals surface area contributed by atoms with Crippen LogP contribution in [0.15, 0.2) is 59.5 Å². The fourth-order valence-corrected chi connectivity index (χ4v) is 4.09. The van der Waals surface area contributed by atoms with Crippen molar-refractivity contribution in [3.8, 4) is 0 Å². The minimum Gasteiger partial charge on any atom is -0.355 e. The van der Waals surface area contributed by atoms with Crippen molar-refractivity contribution in [3.05, 3.63) is 65.7 Å². The van der Waals surface area contributed by atoms with Crippen LogP contribution in [0.1, 0.15) is 37.3 Å². The highest BCUT2D eigenvalue weighted by molar-refractivity contribution is 7.89. The van der Waals surface area contributed by atoms with Crippen molar-refractivity contribution in [2.75, 3.05) is 13.1 Å². The van der Waals surface area contributed by atoms with E-state index in [9.17, 15) is 13.2 Å². The molecule has 1 N–H and O–H groups in total. The summed E-state index contributed by atoms with van der Waals surface area (Å²) in [5, 5.41) is 2.82. The first-order valence-electron chi connectivity index (χ1n) is 9.31. The van der Waals surface area contributed by atoms with E-state index in [4.69, 9.17) is 0 Å². The lowest BCUT2D eigenvalue weighted by molar-refractivity contribution is -0.121. The normalized spacial score (nSPS) is 11.5. The van der Waals surface area contributed by atoms with Gasteiger partial charge < -0.3 is 5.32 Å². The Morgan fingerprint density at radius 2 is 1.67 bits per heavy atom. The van der Waals surface area contributed by atoms with Crippen molar-refractivity contribution in [1.82, 2.24) is 9.62 Å². The minimum atomic E-state index is -3.77. The molecule has 0 fully saturated rings. The molecule has 146 valence electrons. The predicted molar refractivity (Wildman–Crippen MR) is 108 cm³/mol. The topological polar surface area (TPSA) is 66.5 Å². The summed E-state index contributed by atoms with van der Waals surface area (Å²) in [5.74, 6) is -0.280. The van der Waals surface area contributed by atoms with Gasteiger partial charge in [0.1, 0.15) is 0 Å². The molecule has 0 aliphatic carbocycles. The van der Waals surface area contributed by atoms with Gasteiger partial charge in [0.15, 0.2) is 0 Å². The first-order chi connectivity index (χ1) is 12.9. The molecule has 2 rings (SSSR count). The van der Waals surface area contributed by atoms with Gasteiger partial charge in [-0.3, -0.25) is 4.79 Å². The quantitative estimate of drug-likeness (QED) is 0.634. The zero-order valence-electron chi connectivity index (χ0n) is 16.0. The van der Waals surface area contributed by atoms with Gasteiger partial charge in [0.25, 0.3) is 0 Å². The summed E-state index contributed by atoms with van der Waals surface area (Å²) in [6, 6.07) is 15.9. The molecule has 0 aliphatic heterocycles. The number of sulfonamides is 1. The van der Waals surface area contributed by atoms with Crippen molar-refractivity contribution >= 4 is 15.9 Å². The third-order valence-corrected chi connectivity index (χ3v) is 6.09. The van der Waals surface area contributed by atoms with Gasteiger partial charge in [-0.15, -0.1) is 0 Å². The van der Waals surface area contributed by atoms with Gasteiger partial charge in [0, 0.05) is 13.1 Å². The summed E-state index contributed by atoms with van der Waals surface area (Å²) < 4.78 is 27.4. The van der Waals surface area contributed by atoms with E-state index in [1.54, 1.807) is 30.3 Å². The van der Waals surface area contributed by atoms with Crippen molar-refractivity contribution in [3.63, 3.8) is 0 Å². The van der Waals surface area contributed by atoms with Crippen molar-refractivity contribution in [2.45, 2.75) is 44.6 Å². The summed E-state index contributed by atoms with van der Waals surface area (Å²) in [7, 11) is -3.77. The second kappa shape index (κ2) is 10.2. The lowest BCUT2D eigenvalue weighted by Crippen LogP contribution is -2.40. The molecular formula is C21H28N2O3S. The first-order valence-corrected chi connectivity index (χ1v) is 10.7. The van der Waals surface area contributed by atoms with Crippen LogP contribution in [0.4, 0.5) is 0 Å². The highest BCUT2D eigenvalue weighted by Crippen LogP contribution is 2.18.